The lowest BCUT2D eigenvalue weighted by molar-refractivity contribution is -0.139. The van der Waals surface area contributed by atoms with Gasteiger partial charge in [0.1, 0.15) is 11.5 Å². The van der Waals surface area contributed by atoms with Crippen molar-refractivity contribution in [1.29, 1.82) is 5.26 Å². The van der Waals surface area contributed by atoms with E-state index in [9.17, 15) is 9.59 Å². The number of nitriles is 1. The van der Waals surface area contributed by atoms with Crippen LogP contribution in [0.3, 0.4) is 0 Å². The Morgan fingerprint density at radius 1 is 1.00 bits per heavy atom. The van der Waals surface area contributed by atoms with Crippen molar-refractivity contribution in [2.45, 2.75) is 6.42 Å². The first-order valence-corrected chi connectivity index (χ1v) is 9.84. The zero-order chi connectivity index (χ0) is 21.8. The van der Waals surface area contributed by atoms with E-state index in [4.69, 9.17) is 14.7 Å². The minimum absolute atomic E-state index is 0.0974. The van der Waals surface area contributed by atoms with E-state index in [1.165, 1.54) is 0 Å². The molecule has 0 radical (unpaired) electrons. The number of rotatable bonds is 5. The quantitative estimate of drug-likeness (QED) is 0.464. The number of anilines is 1. The van der Waals surface area contributed by atoms with Gasteiger partial charge in [-0.15, -0.1) is 0 Å². The van der Waals surface area contributed by atoms with E-state index in [-0.39, 0.29) is 18.9 Å². The topological polar surface area (TPSA) is 79.6 Å². The van der Waals surface area contributed by atoms with Gasteiger partial charge in [-0.3, -0.25) is 9.59 Å². The van der Waals surface area contributed by atoms with Crippen molar-refractivity contribution in [3.8, 4) is 28.7 Å². The van der Waals surface area contributed by atoms with E-state index in [1.807, 2.05) is 36.4 Å². The van der Waals surface area contributed by atoms with Crippen LogP contribution in [0.15, 0.2) is 72.8 Å². The zero-order valence-corrected chi connectivity index (χ0v) is 16.9. The monoisotopic (exact) mass is 412 g/mol. The Bertz CT molecular complexity index is 1150. The highest BCUT2D eigenvalue weighted by Crippen LogP contribution is 2.33. The van der Waals surface area contributed by atoms with E-state index in [1.54, 1.807) is 48.4 Å². The number of methoxy groups -OCH3 is 1. The van der Waals surface area contributed by atoms with Crippen LogP contribution in [0.4, 0.5) is 5.69 Å². The second-order valence-electron chi connectivity index (χ2n) is 7.21. The third-order valence-electron chi connectivity index (χ3n) is 5.25. The van der Waals surface area contributed by atoms with Crippen LogP contribution in [0.5, 0.6) is 11.5 Å². The molecule has 1 atom stereocenters. The third kappa shape index (κ3) is 4.26. The molecule has 31 heavy (non-hydrogen) atoms. The summed E-state index contributed by atoms with van der Waals surface area (Å²) in [6.07, 6.45) is 0.0974. The number of carbonyl (C=O) groups excluding carboxylic acids is 2. The van der Waals surface area contributed by atoms with Crippen LogP contribution in [0, 0.1) is 17.2 Å². The molecule has 1 saturated heterocycles. The van der Waals surface area contributed by atoms with Crippen molar-refractivity contribution in [2.75, 3.05) is 18.6 Å². The number of hydrogen-bond acceptors (Lipinski definition) is 5. The number of ether oxygens (including phenoxy) is 2. The summed E-state index contributed by atoms with van der Waals surface area (Å²) in [5.41, 5.74) is 3.16. The number of nitrogens with zero attached hydrogens (tertiary/aromatic N) is 2. The SMILES string of the molecule is COc1ccccc1N1C[C@@H](C(=O)Oc2ccc(-c3ccc(C#N)cc3)cc2)CC1=O. The summed E-state index contributed by atoms with van der Waals surface area (Å²) in [6, 6.07) is 23.7. The number of para-hydroxylation sites is 2. The largest absolute Gasteiger partial charge is 0.495 e. The summed E-state index contributed by atoms with van der Waals surface area (Å²) < 4.78 is 10.9. The molecule has 0 unspecified atom stereocenters. The highest BCUT2D eigenvalue weighted by Gasteiger charge is 2.37. The predicted octanol–water partition coefficient (Wildman–Crippen LogP) is 4.19. The maximum absolute atomic E-state index is 12.7. The molecule has 1 heterocycles. The molecule has 154 valence electrons. The predicted molar refractivity (Wildman–Crippen MR) is 116 cm³/mol. The van der Waals surface area contributed by atoms with Gasteiger partial charge in [0.2, 0.25) is 5.91 Å². The number of carbonyl (C=O) groups is 2. The van der Waals surface area contributed by atoms with Crippen molar-refractivity contribution < 1.29 is 19.1 Å². The second kappa shape index (κ2) is 8.72. The molecule has 0 bridgehead atoms. The van der Waals surface area contributed by atoms with E-state index >= 15 is 0 Å². The molecule has 4 rings (SSSR count). The molecule has 0 saturated carbocycles. The van der Waals surface area contributed by atoms with Crippen LogP contribution < -0.4 is 14.4 Å². The van der Waals surface area contributed by atoms with Crippen LogP contribution in [0.25, 0.3) is 11.1 Å². The van der Waals surface area contributed by atoms with E-state index < -0.39 is 11.9 Å². The molecule has 0 spiro atoms. The summed E-state index contributed by atoms with van der Waals surface area (Å²) in [4.78, 5) is 26.7. The average Bonchev–Trinajstić information content (AvgIpc) is 3.21. The smallest absolute Gasteiger partial charge is 0.316 e. The van der Waals surface area contributed by atoms with Gasteiger partial charge in [-0.1, -0.05) is 36.4 Å². The molecule has 0 aromatic heterocycles. The first-order chi connectivity index (χ1) is 15.1. The standard InChI is InChI=1S/C25H20N2O4/c1-30-23-5-3-2-4-22(23)27-16-20(14-24(27)28)25(29)31-21-12-10-19(11-13-21)18-8-6-17(15-26)7-9-18/h2-13,20H,14,16H2,1H3/t20-/m0/s1. The minimum atomic E-state index is -0.546. The van der Waals surface area contributed by atoms with Crippen molar-refractivity contribution in [2.24, 2.45) is 5.92 Å². The molecular weight excluding hydrogens is 392 g/mol. The second-order valence-corrected chi connectivity index (χ2v) is 7.21. The van der Waals surface area contributed by atoms with Gasteiger partial charge in [0.05, 0.1) is 30.3 Å². The lowest BCUT2D eigenvalue weighted by atomic mass is 10.0. The van der Waals surface area contributed by atoms with Gasteiger partial charge in [0.15, 0.2) is 0 Å². The summed E-state index contributed by atoms with van der Waals surface area (Å²) in [5, 5.41) is 8.90. The normalized spacial score (nSPS) is 15.4. The molecule has 1 amide bonds. The van der Waals surface area contributed by atoms with Crippen LogP contribution >= 0.6 is 0 Å². The Kier molecular flexibility index (Phi) is 5.67. The zero-order valence-electron chi connectivity index (χ0n) is 16.9. The average molecular weight is 412 g/mol. The number of benzene rings is 3. The molecule has 3 aromatic carbocycles. The summed E-state index contributed by atoms with van der Waals surface area (Å²) in [5.74, 6) is -0.107. The molecule has 6 heteroatoms. The Morgan fingerprint density at radius 2 is 1.65 bits per heavy atom. The van der Waals surface area contributed by atoms with Crippen molar-refractivity contribution >= 4 is 17.6 Å². The van der Waals surface area contributed by atoms with Crippen LogP contribution in [-0.4, -0.2) is 25.5 Å². The maximum atomic E-state index is 12.7. The van der Waals surface area contributed by atoms with E-state index in [0.717, 1.165) is 11.1 Å². The molecule has 6 nitrogen and oxygen atoms in total. The summed E-state index contributed by atoms with van der Waals surface area (Å²) >= 11 is 0. The number of amides is 1. The Hall–Kier alpha value is -4.11. The fourth-order valence-corrected chi connectivity index (χ4v) is 3.60. The Balaban J connectivity index is 1.42. The molecule has 1 aliphatic rings. The van der Waals surface area contributed by atoms with E-state index in [0.29, 0.717) is 22.7 Å². The number of esters is 1. The van der Waals surface area contributed by atoms with Crippen LogP contribution in [0.1, 0.15) is 12.0 Å². The van der Waals surface area contributed by atoms with Gasteiger partial charge < -0.3 is 14.4 Å². The van der Waals surface area contributed by atoms with E-state index in [2.05, 4.69) is 6.07 Å². The van der Waals surface area contributed by atoms with Crippen LogP contribution in [0.2, 0.25) is 0 Å². The van der Waals surface area contributed by atoms with Gasteiger partial charge in [0.25, 0.3) is 0 Å². The molecule has 1 fully saturated rings. The molecule has 3 aromatic rings. The summed E-state index contributed by atoms with van der Waals surface area (Å²) in [6.45, 7) is 0.251. The molecule has 0 aliphatic carbocycles. The molecular formula is C25H20N2O4. The molecule has 1 aliphatic heterocycles. The Labute approximate surface area is 180 Å². The van der Waals surface area contributed by atoms with Gasteiger partial charge in [-0.25, -0.2) is 0 Å². The number of hydrogen-bond donors (Lipinski definition) is 0. The van der Waals surface area contributed by atoms with Gasteiger partial charge in [-0.05, 0) is 47.5 Å². The third-order valence-corrected chi connectivity index (χ3v) is 5.25. The maximum Gasteiger partial charge on any atom is 0.316 e. The Morgan fingerprint density at radius 3 is 2.29 bits per heavy atom. The highest BCUT2D eigenvalue weighted by atomic mass is 16.5. The lowest BCUT2D eigenvalue weighted by Gasteiger charge is -2.19. The minimum Gasteiger partial charge on any atom is -0.495 e. The fraction of sp³-hybridized carbons (Fsp3) is 0.160. The first kappa shape index (κ1) is 20.2. The lowest BCUT2D eigenvalue weighted by Crippen LogP contribution is -2.27. The van der Waals surface area contributed by atoms with Gasteiger partial charge >= 0.3 is 5.97 Å². The first-order valence-electron chi connectivity index (χ1n) is 9.84. The van der Waals surface area contributed by atoms with Crippen molar-refractivity contribution in [3.63, 3.8) is 0 Å². The van der Waals surface area contributed by atoms with Gasteiger partial charge in [-0.2, -0.15) is 5.26 Å². The van der Waals surface area contributed by atoms with Crippen molar-refractivity contribution in [1.82, 2.24) is 0 Å². The van der Waals surface area contributed by atoms with Gasteiger partial charge in [0, 0.05) is 13.0 Å². The van der Waals surface area contributed by atoms with Crippen molar-refractivity contribution in [3.05, 3.63) is 78.4 Å². The van der Waals surface area contributed by atoms with Crippen LogP contribution in [-0.2, 0) is 9.59 Å². The fourth-order valence-electron chi connectivity index (χ4n) is 3.60. The molecule has 0 N–H and O–H groups in total. The highest BCUT2D eigenvalue weighted by molar-refractivity contribution is 6.00. The summed E-state index contributed by atoms with van der Waals surface area (Å²) in [7, 11) is 1.55.